The van der Waals surface area contributed by atoms with E-state index >= 15 is 0 Å². The van der Waals surface area contributed by atoms with E-state index in [9.17, 15) is 14.4 Å². The summed E-state index contributed by atoms with van der Waals surface area (Å²) in [5.74, 6) is -0.840. The predicted octanol–water partition coefficient (Wildman–Crippen LogP) is 5.42. The van der Waals surface area contributed by atoms with E-state index in [1.54, 1.807) is 48.5 Å². The number of anilines is 2. The van der Waals surface area contributed by atoms with Crippen molar-refractivity contribution < 1.29 is 14.4 Å². The number of rotatable bonds is 6. The summed E-state index contributed by atoms with van der Waals surface area (Å²) in [4.78, 5) is 42.5. The molecule has 0 unspecified atom stereocenters. The Bertz CT molecular complexity index is 1120. The molecule has 1 aliphatic rings. The molecule has 3 aromatic rings. The summed E-state index contributed by atoms with van der Waals surface area (Å²) in [7, 11) is 0. The lowest BCUT2D eigenvalue weighted by atomic mass is 10.1. The highest BCUT2D eigenvalue weighted by atomic mass is 35.5. The number of thiophene rings is 1. The van der Waals surface area contributed by atoms with Gasteiger partial charge >= 0.3 is 6.03 Å². The minimum Gasteiger partial charge on any atom is -0.326 e. The molecule has 1 saturated heterocycles. The fourth-order valence-corrected chi connectivity index (χ4v) is 4.37. The second-order valence-electron chi connectivity index (χ2n) is 6.92. The van der Waals surface area contributed by atoms with Crippen LogP contribution in [0.2, 0.25) is 10.0 Å². The van der Waals surface area contributed by atoms with Gasteiger partial charge in [-0.3, -0.25) is 9.59 Å². The smallest absolute Gasteiger partial charge is 0.326 e. The predicted molar refractivity (Wildman–Crippen MR) is 123 cm³/mol. The molecule has 0 aliphatic carbocycles. The maximum atomic E-state index is 13.2. The molecule has 4 amide bonds. The molecule has 1 atom stereocenters. The third-order valence-electron chi connectivity index (χ3n) is 4.80. The lowest BCUT2D eigenvalue weighted by molar-refractivity contribution is -0.124. The van der Waals surface area contributed by atoms with Gasteiger partial charge in [0.25, 0.3) is 5.91 Å². The van der Waals surface area contributed by atoms with E-state index in [0.717, 1.165) is 9.78 Å². The van der Waals surface area contributed by atoms with Gasteiger partial charge in [0, 0.05) is 20.6 Å². The second kappa shape index (κ2) is 9.09. The molecule has 158 valence electrons. The van der Waals surface area contributed by atoms with Gasteiger partial charge in [-0.1, -0.05) is 35.3 Å². The maximum Gasteiger partial charge on any atom is 0.332 e. The molecule has 4 rings (SSSR count). The molecule has 31 heavy (non-hydrogen) atoms. The number of nitrogens with zero attached hydrogens (tertiary/aromatic N) is 2. The van der Waals surface area contributed by atoms with E-state index in [1.807, 2.05) is 17.5 Å². The number of benzene rings is 2. The molecule has 1 aromatic heterocycles. The molecule has 0 bridgehead atoms. The van der Waals surface area contributed by atoms with Gasteiger partial charge in [-0.15, -0.1) is 11.3 Å². The van der Waals surface area contributed by atoms with Crippen molar-refractivity contribution in [2.45, 2.75) is 19.0 Å². The summed E-state index contributed by atoms with van der Waals surface area (Å²) >= 11 is 13.4. The largest absolute Gasteiger partial charge is 0.332 e. The molecule has 1 N–H and O–H groups in total. The number of urea groups is 1. The first-order chi connectivity index (χ1) is 14.9. The lowest BCUT2D eigenvalue weighted by Crippen LogP contribution is -2.37. The second-order valence-corrected chi connectivity index (χ2v) is 8.82. The summed E-state index contributed by atoms with van der Waals surface area (Å²) in [5.41, 5.74) is 0.932. The van der Waals surface area contributed by atoms with Gasteiger partial charge in [0.1, 0.15) is 6.04 Å². The fraction of sp³-hybridized carbons (Fsp3) is 0.136. The Balaban J connectivity index is 1.59. The average Bonchev–Trinajstić information content (AvgIpc) is 3.32. The highest BCUT2D eigenvalue weighted by Crippen LogP contribution is 2.30. The van der Waals surface area contributed by atoms with Crippen LogP contribution in [0.15, 0.2) is 66.0 Å². The number of hydrogen-bond donors (Lipinski definition) is 1. The number of amides is 4. The third kappa shape index (κ3) is 4.74. The molecule has 2 aromatic carbocycles. The van der Waals surface area contributed by atoms with Gasteiger partial charge in [0.15, 0.2) is 0 Å². The molecule has 9 heteroatoms. The van der Waals surface area contributed by atoms with Crippen molar-refractivity contribution >= 4 is 63.8 Å². The standard InChI is InChI=1S/C22H17Cl2N3O3S/c23-14-6-8-16(9-7-14)25-20(28)12-19-21(29)27(17-4-1-3-15(24)11-17)22(30)26(19)13-18-5-2-10-31-18/h1-11,19H,12-13H2,(H,25,28)/t19-/m0/s1. The molecule has 2 heterocycles. The molecule has 1 fully saturated rings. The number of carbonyl (C=O) groups is 3. The third-order valence-corrected chi connectivity index (χ3v) is 6.15. The minimum atomic E-state index is -0.930. The SMILES string of the molecule is O=C(C[C@H]1C(=O)N(c2cccc(Cl)c2)C(=O)N1Cc1cccs1)Nc1ccc(Cl)cc1. The van der Waals surface area contributed by atoms with Crippen LogP contribution in [0.4, 0.5) is 16.2 Å². The van der Waals surface area contributed by atoms with Gasteiger partial charge in [-0.25, -0.2) is 9.69 Å². The Kier molecular flexibility index (Phi) is 6.27. The average molecular weight is 474 g/mol. The van der Waals surface area contributed by atoms with E-state index in [2.05, 4.69) is 5.32 Å². The van der Waals surface area contributed by atoms with E-state index < -0.39 is 18.0 Å². The summed E-state index contributed by atoms with van der Waals surface area (Å²) < 4.78 is 0. The van der Waals surface area contributed by atoms with Crippen molar-refractivity contribution in [3.05, 3.63) is 81.0 Å². The van der Waals surface area contributed by atoms with Crippen molar-refractivity contribution in [1.29, 1.82) is 0 Å². The molecule has 6 nitrogen and oxygen atoms in total. The highest BCUT2D eigenvalue weighted by Gasteiger charge is 2.46. The van der Waals surface area contributed by atoms with E-state index in [1.165, 1.54) is 16.2 Å². The topological polar surface area (TPSA) is 69.7 Å². The summed E-state index contributed by atoms with van der Waals surface area (Å²) in [6.07, 6.45) is -0.171. The van der Waals surface area contributed by atoms with Crippen LogP contribution >= 0.6 is 34.5 Å². The molecule has 0 spiro atoms. The first-order valence-corrected chi connectivity index (χ1v) is 11.0. The molecular formula is C22H17Cl2N3O3S. The number of hydrogen-bond acceptors (Lipinski definition) is 4. The van der Waals surface area contributed by atoms with Crippen LogP contribution < -0.4 is 10.2 Å². The number of halogens is 2. The Morgan fingerprint density at radius 3 is 2.45 bits per heavy atom. The van der Waals surface area contributed by atoms with Crippen LogP contribution in [-0.2, 0) is 16.1 Å². The van der Waals surface area contributed by atoms with Crippen molar-refractivity contribution in [2.75, 3.05) is 10.2 Å². The number of carbonyl (C=O) groups excluding carboxylic acids is 3. The zero-order chi connectivity index (χ0) is 22.0. The first-order valence-electron chi connectivity index (χ1n) is 9.40. The van der Waals surface area contributed by atoms with Gasteiger partial charge in [-0.2, -0.15) is 0 Å². The van der Waals surface area contributed by atoms with Crippen LogP contribution in [0, 0.1) is 0 Å². The van der Waals surface area contributed by atoms with Crippen molar-refractivity contribution in [3.8, 4) is 0 Å². The minimum absolute atomic E-state index is 0.171. The summed E-state index contributed by atoms with van der Waals surface area (Å²) in [5, 5.41) is 5.61. The zero-order valence-electron chi connectivity index (χ0n) is 16.1. The quantitative estimate of drug-likeness (QED) is 0.485. The zero-order valence-corrected chi connectivity index (χ0v) is 18.5. The molecular weight excluding hydrogens is 457 g/mol. The van der Waals surface area contributed by atoms with Gasteiger partial charge in [0.2, 0.25) is 5.91 Å². The lowest BCUT2D eigenvalue weighted by Gasteiger charge is -2.21. The summed E-state index contributed by atoms with van der Waals surface area (Å²) in [6.45, 7) is 0.234. The van der Waals surface area contributed by atoms with Crippen molar-refractivity contribution in [3.63, 3.8) is 0 Å². The Hall–Kier alpha value is -2.87. The molecule has 0 radical (unpaired) electrons. The molecule has 0 saturated carbocycles. The van der Waals surface area contributed by atoms with E-state index in [0.29, 0.717) is 21.4 Å². The Morgan fingerprint density at radius 1 is 1.00 bits per heavy atom. The van der Waals surface area contributed by atoms with Crippen molar-refractivity contribution in [2.24, 2.45) is 0 Å². The van der Waals surface area contributed by atoms with Crippen molar-refractivity contribution in [1.82, 2.24) is 4.90 Å². The normalized spacial score (nSPS) is 16.1. The maximum absolute atomic E-state index is 13.2. The Labute approximate surface area is 193 Å². The van der Waals surface area contributed by atoms with Crippen LogP contribution in [-0.4, -0.2) is 28.8 Å². The van der Waals surface area contributed by atoms with Crippen LogP contribution in [0.25, 0.3) is 0 Å². The van der Waals surface area contributed by atoms with Gasteiger partial charge < -0.3 is 10.2 Å². The van der Waals surface area contributed by atoms with Gasteiger partial charge in [0.05, 0.1) is 18.7 Å². The van der Waals surface area contributed by atoms with Crippen LogP contribution in [0.1, 0.15) is 11.3 Å². The van der Waals surface area contributed by atoms with Crippen LogP contribution in [0.5, 0.6) is 0 Å². The number of imide groups is 1. The number of nitrogens with one attached hydrogen (secondary N) is 1. The van der Waals surface area contributed by atoms with E-state index in [-0.39, 0.29) is 18.9 Å². The monoisotopic (exact) mass is 473 g/mol. The Morgan fingerprint density at radius 2 is 1.77 bits per heavy atom. The highest BCUT2D eigenvalue weighted by molar-refractivity contribution is 7.09. The first kappa shape index (κ1) is 21.4. The van der Waals surface area contributed by atoms with E-state index in [4.69, 9.17) is 23.2 Å². The van der Waals surface area contributed by atoms with Crippen LogP contribution in [0.3, 0.4) is 0 Å². The summed E-state index contributed by atoms with van der Waals surface area (Å²) in [6, 6.07) is 15.5. The molecule has 1 aliphatic heterocycles. The fourth-order valence-electron chi connectivity index (χ4n) is 3.36. The van der Waals surface area contributed by atoms with Gasteiger partial charge in [-0.05, 0) is 53.9 Å².